The van der Waals surface area contributed by atoms with Crippen molar-refractivity contribution in [2.75, 3.05) is 18.5 Å². The highest BCUT2D eigenvalue weighted by molar-refractivity contribution is 7.83. The molecule has 0 fully saturated rings. The molecule has 31 heavy (non-hydrogen) atoms. The highest BCUT2D eigenvalue weighted by atomic mass is 32.2. The van der Waals surface area contributed by atoms with Crippen LogP contribution in [0.4, 0.5) is 10.2 Å². The second-order valence-electron chi connectivity index (χ2n) is 6.87. The first-order chi connectivity index (χ1) is 15.0. The summed E-state index contributed by atoms with van der Waals surface area (Å²) in [6.45, 7) is 4.64. The molecule has 1 aliphatic rings. The van der Waals surface area contributed by atoms with Crippen molar-refractivity contribution in [2.45, 2.75) is 25.4 Å². The van der Waals surface area contributed by atoms with E-state index in [9.17, 15) is 13.4 Å². The van der Waals surface area contributed by atoms with Crippen LogP contribution in [0.3, 0.4) is 0 Å². The number of anilines is 1. The molecule has 2 aromatic carbocycles. The monoisotopic (exact) mass is 443 g/mol. The molecule has 0 saturated carbocycles. The smallest absolute Gasteiger partial charge is 0.256 e. The number of hydrogen-bond acceptors (Lipinski definition) is 5. The van der Waals surface area contributed by atoms with Crippen LogP contribution in [0.2, 0.25) is 0 Å². The maximum Gasteiger partial charge on any atom is 0.256 e. The first-order valence-electron chi connectivity index (χ1n) is 9.92. The van der Waals surface area contributed by atoms with Gasteiger partial charge in [-0.05, 0) is 56.3 Å². The third-order valence-corrected chi connectivity index (χ3v) is 5.98. The van der Waals surface area contributed by atoms with Gasteiger partial charge in [-0.15, -0.1) is 0 Å². The Morgan fingerprint density at radius 3 is 2.52 bits per heavy atom. The zero-order chi connectivity index (χ0) is 22.0. The van der Waals surface area contributed by atoms with Gasteiger partial charge in [0.15, 0.2) is 11.5 Å². The van der Waals surface area contributed by atoms with Gasteiger partial charge >= 0.3 is 0 Å². The summed E-state index contributed by atoms with van der Waals surface area (Å²) in [5.74, 6) is 1.37. The number of ether oxygens (including phenoxy) is 2. The second-order valence-corrected chi connectivity index (χ2v) is 8.33. The summed E-state index contributed by atoms with van der Waals surface area (Å²) >= 11 is 0. The van der Waals surface area contributed by atoms with Crippen molar-refractivity contribution in [3.8, 4) is 17.2 Å². The Balaban J connectivity index is 1.69. The number of nitrogens with zero attached hydrogens (tertiary/aromatic N) is 2. The molecule has 1 aromatic heterocycles. The number of aromatic nitrogens is 2. The van der Waals surface area contributed by atoms with Gasteiger partial charge in [-0.1, -0.05) is 0 Å². The number of carbonyl (C=O) groups excluding carboxylic acids is 1. The molecule has 0 bridgehead atoms. The molecule has 0 aliphatic carbocycles. The van der Waals surface area contributed by atoms with Crippen molar-refractivity contribution >= 4 is 22.5 Å². The molecule has 0 radical (unpaired) electrons. The molecule has 1 N–H and O–H groups in total. The Morgan fingerprint density at radius 1 is 1.10 bits per heavy atom. The summed E-state index contributed by atoms with van der Waals surface area (Å²) in [6, 6.07) is 10.8. The average molecular weight is 444 g/mol. The summed E-state index contributed by atoms with van der Waals surface area (Å²) in [7, 11) is -1.06. The summed E-state index contributed by atoms with van der Waals surface area (Å²) in [5.41, 5.74) is 2.37. The van der Waals surface area contributed by atoms with Crippen LogP contribution >= 0.6 is 0 Å². The lowest BCUT2D eigenvalue weighted by atomic mass is 10.1. The number of nitrogens with one attached hydrogen (secondary N) is 1. The van der Waals surface area contributed by atoms with Gasteiger partial charge in [0.05, 0.1) is 36.1 Å². The predicted molar refractivity (Wildman–Crippen MR) is 116 cm³/mol. The van der Waals surface area contributed by atoms with Crippen molar-refractivity contribution in [3.63, 3.8) is 0 Å². The molecule has 1 aliphatic heterocycles. The minimum Gasteiger partial charge on any atom is -0.490 e. The summed E-state index contributed by atoms with van der Waals surface area (Å²) in [5, 5.41) is 7.41. The lowest BCUT2D eigenvalue weighted by Gasteiger charge is -2.14. The van der Waals surface area contributed by atoms with Gasteiger partial charge in [0.25, 0.3) is 5.91 Å². The molecule has 1 amide bonds. The van der Waals surface area contributed by atoms with Crippen LogP contribution in [0.5, 0.6) is 11.5 Å². The quantitative estimate of drug-likeness (QED) is 0.600. The van der Waals surface area contributed by atoms with Crippen LogP contribution < -0.4 is 14.8 Å². The van der Waals surface area contributed by atoms with Crippen molar-refractivity contribution in [1.29, 1.82) is 0 Å². The molecule has 7 nitrogen and oxygen atoms in total. The number of amides is 1. The first-order valence-corrected chi connectivity index (χ1v) is 11.4. The predicted octanol–water partition coefficient (Wildman–Crippen LogP) is 3.82. The fourth-order valence-electron chi connectivity index (χ4n) is 3.40. The van der Waals surface area contributed by atoms with E-state index in [-0.39, 0.29) is 11.7 Å². The highest BCUT2D eigenvalue weighted by Crippen LogP contribution is 2.33. The van der Waals surface area contributed by atoms with Crippen molar-refractivity contribution < 1.29 is 22.9 Å². The van der Waals surface area contributed by atoms with E-state index in [1.54, 1.807) is 35.0 Å². The summed E-state index contributed by atoms with van der Waals surface area (Å²) in [6.07, 6.45) is 0. The van der Waals surface area contributed by atoms with Crippen LogP contribution in [0.1, 0.15) is 35.5 Å². The normalized spacial score (nSPS) is 14.9. The Bertz CT molecular complexity index is 1140. The number of rotatable bonds is 7. The molecule has 0 saturated heterocycles. The van der Waals surface area contributed by atoms with Crippen LogP contribution in [-0.2, 0) is 22.3 Å². The number of benzene rings is 2. The molecular formula is C22H22FN3O4S. The Kier molecular flexibility index (Phi) is 6.03. The maximum atomic E-state index is 13.4. The number of fused-ring (bicyclic) bond motifs is 1. The summed E-state index contributed by atoms with van der Waals surface area (Å²) < 4.78 is 38.1. The lowest BCUT2D eigenvalue weighted by Crippen LogP contribution is -2.17. The highest BCUT2D eigenvalue weighted by Gasteiger charge is 2.28. The van der Waals surface area contributed by atoms with E-state index in [2.05, 4.69) is 10.4 Å². The topological polar surface area (TPSA) is 82.5 Å². The standard InChI is InChI=1S/C22H22FN3O4S/c1-3-29-19-10-5-14(11-20(19)30-4-2)22(27)24-21-17-12-31(28)13-18(17)25-26(21)16-8-6-15(23)7-9-16/h5-11H,3-4,12-13H2,1-2H3,(H,24,27)/t31-/m1/s1. The fraction of sp³-hybridized carbons (Fsp3) is 0.273. The second kappa shape index (κ2) is 8.89. The zero-order valence-corrected chi connectivity index (χ0v) is 18.0. The van der Waals surface area contributed by atoms with Crippen molar-refractivity contribution in [3.05, 3.63) is 65.1 Å². The third-order valence-electron chi connectivity index (χ3n) is 4.78. The maximum absolute atomic E-state index is 13.4. The Hall–Kier alpha value is -3.20. The minimum atomic E-state index is -1.06. The largest absolute Gasteiger partial charge is 0.490 e. The number of halogens is 1. The van der Waals surface area contributed by atoms with Crippen molar-refractivity contribution in [2.24, 2.45) is 0 Å². The van der Waals surface area contributed by atoms with Crippen molar-refractivity contribution in [1.82, 2.24) is 9.78 Å². The van der Waals surface area contributed by atoms with E-state index in [0.29, 0.717) is 59.0 Å². The van der Waals surface area contributed by atoms with Gasteiger partial charge in [-0.3, -0.25) is 9.00 Å². The molecule has 0 spiro atoms. The zero-order valence-electron chi connectivity index (χ0n) is 17.2. The van der Waals surface area contributed by atoms with Crippen LogP contribution in [-0.4, -0.2) is 33.1 Å². The molecule has 3 aromatic rings. The average Bonchev–Trinajstić information content (AvgIpc) is 3.27. The van der Waals surface area contributed by atoms with Gasteiger partial charge in [0.1, 0.15) is 11.6 Å². The molecule has 9 heteroatoms. The van der Waals surface area contributed by atoms with Crippen LogP contribution in [0, 0.1) is 5.82 Å². The van der Waals surface area contributed by atoms with Crippen LogP contribution in [0.15, 0.2) is 42.5 Å². The first kappa shape index (κ1) is 21.0. The SMILES string of the molecule is CCOc1ccc(C(=O)Nc2c3c(nn2-c2ccc(F)cc2)C[S@](=O)C3)cc1OCC. The van der Waals surface area contributed by atoms with E-state index in [1.807, 2.05) is 13.8 Å². The van der Waals surface area contributed by atoms with Gasteiger partial charge in [-0.2, -0.15) is 5.10 Å². The van der Waals surface area contributed by atoms with E-state index in [1.165, 1.54) is 12.1 Å². The molecule has 0 unspecified atom stereocenters. The number of carbonyl (C=O) groups is 1. The number of hydrogen-bond donors (Lipinski definition) is 1. The molecule has 1 atom stereocenters. The van der Waals surface area contributed by atoms with Gasteiger partial charge in [0, 0.05) is 21.9 Å². The van der Waals surface area contributed by atoms with E-state index < -0.39 is 10.8 Å². The molecule has 2 heterocycles. The summed E-state index contributed by atoms with van der Waals surface area (Å²) in [4.78, 5) is 13.1. The fourth-order valence-corrected chi connectivity index (χ4v) is 4.66. The Labute approximate surface area is 181 Å². The third kappa shape index (κ3) is 4.32. The van der Waals surface area contributed by atoms with E-state index in [4.69, 9.17) is 9.47 Å². The molecule has 4 rings (SSSR count). The van der Waals surface area contributed by atoms with Gasteiger partial charge in [0.2, 0.25) is 0 Å². The lowest BCUT2D eigenvalue weighted by molar-refractivity contribution is 0.102. The minimum absolute atomic E-state index is 0.305. The molecular weight excluding hydrogens is 421 g/mol. The van der Waals surface area contributed by atoms with Crippen LogP contribution in [0.25, 0.3) is 5.69 Å². The van der Waals surface area contributed by atoms with Gasteiger partial charge < -0.3 is 14.8 Å². The van der Waals surface area contributed by atoms with Gasteiger partial charge in [-0.25, -0.2) is 9.07 Å². The van der Waals surface area contributed by atoms with E-state index >= 15 is 0 Å². The van der Waals surface area contributed by atoms with E-state index in [0.717, 1.165) is 5.56 Å². The Morgan fingerprint density at radius 2 is 1.81 bits per heavy atom. The molecule has 162 valence electrons.